The van der Waals surface area contributed by atoms with Crippen molar-refractivity contribution in [3.63, 3.8) is 0 Å². The Morgan fingerprint density at radius 2 is 2.05 bits per heavy atom. The monoisotopic (exact) mass is 259 g/mol. The minimum atomic E-state index is -0.00985. The van der Waals surface area contributed by atoms with E-state index in [-0.39, 0.29) is 5.41 Å². The first-order chi connectivity index (χ1) is 9.00. The average Bonchev–Trinajstić information content (AvgIpc) is 2.89. The van der Waals surface area contributed by atoms with Crippen molar-refractivity contribution in [1.82, 2.24) is 9.97 Å². The minimum Gasteiger partial charge on any atom is -0.472 e. The smallest absolute Gasteiger partial charge is 0.165 e. The van der Waals surface area contributed by atoms with Crippen molar-refractivity contribution in [3.05, 3.63) is 30.4 Å². The van der Waals surface area contributed by atoms with E-state index in [0.29, 0.717) is 5.82 Å². The van der Waals surface area contributed by atoms with Crippen molar-refractivity contribution in [1.29, 1.82) is 0 Å². The van der Waals surface area contributed by atoms with E-state index in [2.05, 4.69) is 43.0 Å². The van der Waals surface area contributed by atoms with Crippen LogP contribution in [0.3, 0.4) is 0 Å². The number of hydrogen-bond acceptors (Lipinski definition) is 4. The second-order valence-corrected chi connectivity index (χ2v) is 5.65. The Hall–Kier alpha value is -1.84. The quantitative estimate of drug-likeness (QED) is 0.906. The maximum atomic E-state index is 5.11. The molecule has 19 heavy (non-hydrogen) atoms. The summed E-state index contributed by atoms with van der Waals surface area (Å²) >= 11 is 0. The van der Waals surface area contributed by atoms with Gasteiger partial charge in [-0.25, -0.2) is 9.97 Å². The predicted octanol–water partition coefficient (Wildman–Crippen LogP) is 3.86. The van der Waals surface area contributed by atoms with Gasteiger partial charge in [-0.3, -0.25) is 0 Å². The lowest BCUT2D eigenvalue weighted by atomic mass is 9.92. The third-order valence-electron chi connectivity index (χ3n) is 2.83. The Labute approximate surface area is 114 Å². The van der Waals surface area contributed by atoms with Crippen LogP contribution in [0.25, 0.3) is 11.4 Å². The highest BCUT2D eigenvalue weighted by Gasteiger charge is 2.18. The molecule has 0 bridgehead atoms. The predicted molar refractivity (Wildman–Crippen MR) is 77.2 cm³/mol. The van der Waals surface area contributed by atoms with Crippen LogP contribution in [0, 0.1) is 0 Å². The van der Waals surface area contributed by atoms with Crippen molar-refractivity contribution in [2.24, 2.45) is 0 Å². The van der Waals surface area contributed by atoms with E-state index in [4.69, 9.17) is 4.42 Å². The summed E-state index contributed by atoms with van der Waals surface area (Å²) in [6.07, 6.45) is 4.38. The van der Waals surface area contributed by atoms with Crippen LogP contribution >= 0.6 is 0 Å². The summed E-state index contributed by atoms with van der Waals surface area (Å²) < 4.78 is 5.11. The van der Waals surface area contributed by atoms with Crippen LogP contribution in [0.5, 0.6) is 0 Å². The SMILES string of the molecule is CCCNc1cc(C(C)(C)C)nc(-c2ccoc2)n1. The summed E-state index contributed by atoms with van der Waals surface area (Å²) in [6, 6.07) is 3.91. The molecule has 2 rings (SSSR count). The van der Waals surface area contributed by atoms with Crippen LogP contribution in [0.2, 0.25) is 0 Å². The highest BCUT2D eigenvalue weighted by atomic mass is 16.3. The minimum absolute atomic E-state index is 0.00985. The molecule has 2 aromatic rings. The fourth-order valence-corrected chi connectivity index (χ4v) is 1.70. The van der Waals surface area contributed by atoms with Crippen LogP contribution in [-0.2, 0) is 5.41 Å². The van der Waals surface area contributed by atoms with Crippen LogP contribution in [0.15, 0.2) is 29.1 Å². The molecule has 0 aliphatic rings. The summed E-state index contributed by atoms with van der Waals surface area (Å²) in [5.41, 5.74) is 1.92. The molecule has 0 aromatic carbocycles. The zero-order valence-electron chi connectivity index (χ0n) is 12.0. The van der Waals surface area contributed by atoms with Gasteiger partial charge in [0.1, 0.15) is 12.1 Å². The number of anilines is 1. The van der Waals surface area contributed by atoms with Crippen LogP contribution in [-0.4, -0.2) is 16.5 Å². The number of furan rings is 1. The average molecular weight is 259 g/mol. The molecule has 0 fully saturated rings. The molecule has 0 aliphatic heterocycles. The van der Waals surface area contributed by atoms with Crippen molar-refractivity contribution in [3.8, 4) is 11.4 Å². The van der Waals surface area contributed by atoms with E-state index in [0.717, 1.165) is 30.0 Å². The summed E-state index contributed by atoms with van der Waals surface area (Å²) in [7, 11) is 0. The molecule has 4 heteroatoms. The first-order valence-electron chi connectivity index (χ1n) is 6.66. The molecule has 102 valence electrons. The topological polar surface area (TPSA) is 51.0 Å². The van der Waals surface area contributed by atoms with Gasteiger partial charge in [0.15, 0.2) is 5.82 Å². The molecule has 1 N–H and O–H groups in total. The molecule has 0 atom stereocenters. The van der Waals surface area contributed by atoms with Crippen molar-refractivity contribution in [2.45, 2.75) is 39.5 Å². The Kier molecular flexibility index (Phi) is 3.88. The molecule has 0 amide bonds. The summed E-state index contributed by atoms with van der Waals surface area (Å²) in [5.74, 6) is 1.58. The second-order valence-electron chi connectivity index (χ2n) is 5.65. The van der Waals surface area contributed by atoms with Gasteiger partial charge >= 0.3 is 0 Å². The molecule has 0 saturated heterocycles. The van der Waals surface area contributed by atoms with Gasteiger partial charge < -0.3 is 9.73 Å². The normalized spacial score (nSPS) is 11.6. The largest absolute Gasteiger partial charge is 0.472 e. The van der Waals surface area contributed by atoms with Gasteiger partial charge in [0.25, 0.3) is 0 Å². The van der Waals surface area contributed by atoms with Crippen molar-refractivity contribution in [2.75, 3.05) is 11.9 Å². The molecule has 0 aliphatic carbocycles. The van der Waals surface area contributed by atoms with E-state index in [1.54, 1.807) is 12.5 Å². The zero-order valence-corrected chi connectivity index (χ0v) is 12.0. The molecule has 2 aromatic heterocycles. The lowest BCUT2D eigenvalue weighted by Gasteiger charge is -2.19. The number of nitrogens with one attached hydrogen (secondary N) is 1. The standard InChI is InChI=1S/C15H21N3O/c1-5-7-16-13-9-12(15(2,3)4)17-14(18-13)11-6-8-19-10-11/h6,8-10H,5,7H2,1-4H3,(H,16,17,18). The fourth-order valence-electron chi connectivity index (χ4n) is 1.70. The first kappa shape index (κ1) is 13.6. The summed E-state index contributed by atoms with van der Waals surface area (Å²) in [5, 5.41) is 3.33. The fraction of sp³-hybridized carbons (Fsp3) is 0.467. The first-order valence-corrected chi connectivity index (χ1v) is 6.66. The van der Waals surface area contributed by atoms with E-state index in [1.165, 1.54) is 0 Å². The third kappa shape index (κ3) is 3.34. The molecular weight excluding hydrogens is 238 g/mol. The maximum absolute atomic E-state index is 5.11. The maximum Gasteiger partial charge on any atom is 0.165 e. The van der Waals surface area contributed by atoms with Gasteiger partial charge in [-0.1, -0.05) is 27.7 Å². The van der Waals surface area contributed by atoms with Gasteiger partial charge in [0.05, 0.1) is 17.5 Å². The van der Waals surface area contributed by atoms with Gasteiger partial charge in [0, 0.05) is 18.0 Å². The van der Waals surface area contributed by atoms with Gasteiger partial charge in [-0.15, -0.1) is 0 Å². The molecule has 2 heterocycles. The highest BCUT2D eigenvalue weighted by molar-refractivity contribution is 5.56. The van der Waals surface area contributed by atoms with E-state index in [9.17, 15) is 0 Å². The van der Waals surface area contributed by atoms with Gasteiger partial charge in [-0.2, -0.15) is 0 Å². The highest BCUT2D eigenvalue weighted by Crippen LogP contribution is 2.25. The van der Waals surface area contributed by atoms with E-state index >= 15 is 0 Å². The second kappa shape index (κ2) is 5.43. The van der Waals surface area contributed by atoms with Crippen molar-refractivity contribution < 1.29 is 4.42 Å². The Bertz CT molecular complexity index is 527. The van der Waals surface area contributed by atoms with Crippen LogP contribution in [0.1, 0.15) is 39.8 Å². The Morgan fingerprint density at radius 1 is 1.26 bits per heavy atom. The summed E-state index contributed by atoms with van der Waals surface area (Å²) in [4.78, 5) is 9.19. The van der Waals surface area contributed by atoms with E-state index < -0.39 is 0 Å². The molecule has 0 radical (unpaired) electrons. The number of hydrogen-bond donors (Lipinski definition) is 1. The van der Waals surface area contributed by atoms with Crippen LogP contribution in [0.4, 0.5) is 5.82 Å². The molecule has 0 saturated carbocycles. The van der Waals surface area contributed by atoms with Crippen molar-refractivity contribution >= 4 is 5.82 Å². The van der Waals surface area contributed by atoms with Crippen LogP contribution < -0.4 is 5.32 Å². The lowest BCUT2D eigenvalue weighted by molar-refractivity contribution is 0.564. The number of aromatic nitrogens is 2. The Morgan fingerprint density at radius 3 is 2.63 bits per heavy atom. The Balaban J connectivity index is 2.43. The molecule has 0 spiro atoms. The third-order valence-corrected chi connectivity index (χ3v) is 2.83. The number of rotatable bonds is 4. The van der Waals surface area contributed by atoms with E-state index in [1.807, 2.05) is 12.1 Å². The molecular formula is C15H21N3O. The summed E-state index contributed by atoms with van der Waals surface area (Å²) in [6.45, 7) is 9.50. The lowest BCUT2D eigenvalue weighted by Crippen LogP contribution is -2.16. The molecule has 4 nitrogen and oxygen atoms in total. The van der Waals surface area contributed by atoms with Gasteiger partial charge in [0.2, 0.25) is 0 Å². The molecule has 0 unspecified atom stereocenters. The van der Waals surface area contributed by atoms with Gasteiger partial charge in [-0.05, 0) is 12.5 Å². The number of nitrogens with zero attached hydrogens (tertiary/aromatic N) is 2. The zero-order chi connectivity index (χ0) is 13.9.